The summed E-state index contributed by atoms with van der Waals surface area (Å²) in [5, 5.41) is 12.0. The first-order valence-corrected chi connectivity index (χ1v) is 5.90. The Morgan fingerprint density at radius 1 is 1.25 bits per heavy atom. The van der Waals surface area contributed by atoms with Crippen molar-refractivity contribution in [3.05, 3.63) is 12.2 Å². The van der Waals surface area contributed by atoms with Gasteiger partial charge in [0.2, 0.25) is 0 Å². The second-order valence-electron chi connectivity index (χ2n) is 5.27. The molecule has 3 heteroatoms. The number of carboxylic acids is 1. The third-order valence-electron chi connectivity index (χ3n) is 2.72. The van der Waals surface area contributed by atoms with Crippen LogP contribution in [0.1, 0.15) is 46.5 Å². The zero-order valence-corrected chi connectivity index (χ0v) is 10.8. The maximum atomic E-state index is 10.5. The molecule has 3 nitrogen and oxygen atoms in total. The van der Waals surface area contributed by atoms with Crippen LogP contribution in [-0.4, -0.2) is 24.2 Å². The van der Waals surface area contributed by atoms with E-state index in [-0.39, 0.29) is 11.8 Å². The second-order valence-corrected chi connectivity index (χ2v) is 5.27. The van der Waals surface area contributed by atoms with E-state index in [4.69, 9.17) is 5.11 Å². The Morgan fingerprint density at radius 2 is 1.88 bits per heavy atom. The van der Waals surface area contributed by atoms with E-state index < -0.39 is 5.97 Å². The SMILES string of the molecule is C=C(C)CCNCCC(C)(C)CCC(=O)O. The van der Waals surface area contributed by atoms with Gasteiger partial charge >= 0.3 is 5.97 Å². The summed E-state index contributed by atoms with van der Waals surface area (Å²) < 4.78 is 0. The summed E-state index contributed by atoms with van der Waals surface area (Å²) in [5.74, 6) is -0.705. The van der Waals surface area contributed by atoms with Gasteiger partial charge in [-0.25, -0.2) is 0 Å². The van der Waals surface area contributed by atoms with Gasteiger partial charge in [-0.15, -0.1) is 6.58 Å². The maximum Gasteiger partial charge on any atom is 0.303 e. The van der Waals surface area contributed by atoms with Crippen LogP contribution in [0.5, 0.6) is 0 Å². The summed E-state index contributed by atoms with van der Waals surface area (Å²) in [6, 6.07) is 0. The highest BCUT2D eigenvalue weighted by atomic mass is 16.4. The topological polar surface area (TPSA) is 49.3 Å². The summed E-state index contributed by atoms with van der Waals surface area (Å²) >= 11 is 0. The summed E-state index contributed by atoms with van der Waals surface area (Å²) in [4.78, 5) is 10.5. The second kappa shape index (κ2) is 7.44. The van der Waals surface area contributed by atoms with Crippen molar-refractivity contribution in [1.82, 2.24) is 5.32 Å². The average Bonchev–Trinajstić information content (AvgIpc) is 2.14. The smallest absolute Gasteiger partial charge is 0.303 e. The molecule has 0 atom stereocenters. The van der Waals surface area contributed by atoms with Gasteiger partial charge in [-0.3, -0.25) is 4.79 Å². The molecule has 0 saturated heterocycles. The minimum absolute atomic E-state index is 0.106. The Hall–Kier alpha value is -0.830. The number of carboxylic acid groups (broad SMARTS) is 1. The summed E-state index contributed by atoms with van der Waals surface area (Å²) in [6.45, 7) is 12.0. The van der Waals surface area contributed by atoms with E-state index >= 15 is 0 Å². The van der Waals surface area contributed by atoms with Gasteiger partial charge in [0, 0.05) is 6.42 Å². The van der Waals surface area contributed by atoms with E-state index in [0.29, 0.717) is 0 Å². The van der Waals surface area contributed by atoms with Gasteiger partial charge in [0.1, 0.15) is 0 Å². The molecule has 0 aliphatic carbocycles. The summed E-state index contributed by atoms with van der Waals surface area (Å²) in [7, 11) is 0. The summed E-state index contributed by atoms with van der Waals surface area (Å²) in [6.07, 6.45) is 3.02. The molecule has 0 bridgehead atoms. The molecule has 2 N–H and O–H groups in total. The minimum Gasteiger partial charge on any atom is -0.481 e. The first-order valence-electron chi connectivity index (χ1n) is 5.90. The lowest BCUT2D eigenvalue weighted by atomic mass is 9.84. The van der Waals surface area contributed by atoms with Crippen molar-refractivity contribution >= 4 is 5.97 Å². The fourth-order valence-electron chi connectivity index (χ4n) is 1.42. The van der Waals surface area contributed by atoms with Crippen LogP contribution in [0.3, 0.4) is 0 Å². The van der Waals surface area contributed by atoms with Gasteiger partial charge in [0.25, 0.3) is 0 Å². The van der Waals surface area contributed by atoms with Crippen molar-refractivity contribution in [2.45, 2.75) is 46.5 Å². The summed E-state index contributed by atoms with van der Waals surface area (Å²) in [5.41, 5.74) is 1.30. The molecular formula is C13H25NO2. The Labute approximate surface area is 98.9 Å². The molecule has 0 saturated carbocycles. The van der Waals surface area contributed by atoms with Crippen LogP contribution in [0.2, 0.25) is 0 Å². The van der Waals surface area contributed by atoms with Crippen LogP contribution in [0.4, 0.5) is 0 Å². The molecule has 94 valence electrons. The van der Waals surface area contributed by atoms with Crippen LogP contribution in [-0.2, 0) is 4.79 Å². The molecule has 0 aromatic rings. The van der Waals surface area contributed by atoms with E-state index in [1.807, 2.05) is 6.92 Å². The van der Waals surface area contributed by atoms with Crippen molar-refractivity contribution in [2.75, 3.05) is 13.1 Å². The van der Waals surface area contributed by atoms with Crippen LogP contribution in [0.25, 0.3) is 0 Å². The largest absolute Gasteiger partial charge is 0.481 e. The quantitative estimate of drug-likeness (QED) is 0.470. The molecule has 0 aromatic carbocycles. The van der Waals surface area contributed by atoms with Crippen LogP contribution in [0.15, 0.2) is 12.2 Å². The van der Waals surface area contributed by atoms with Crippen molar-refractivity contribution in [2.24, 2.45) is 5.41 Å². The molecule has 0 rings (SSSR count). The Balaban J connectivity index is 3.57. The molecule has 0 radical (unpaired) electrons. The predicted octanol–water partition coefficient (Wildman–Crippen LogP) is 2.82. The molecule has 0 spiro atoms. The first kappa shape index (κ1) is 15.2. The standard InChI is InChI=1S/C13H25NO2/c1-11(2)6-9-14-10-8-13(3,4)7-5-12(15)16/h14H,1,5-10H2,2-4H3,(H,15,16). The van der Waals surface area contributed by atoms with Gasteiger partial charge in [-0.05, 0) is 44.7 Å². The fraction of sp³-hybridized carbons (Fsp3) is 0.769. The Bertz CT molecular complexity index is 234. The first-order chi connectivity index (χ1) is 7.33. The lowest BCUT2D eigenvalue weighted by molar-refractivity contribution is -0.137. The Morgan fingerprint density at radius 3 is 2.38 bits per heavy atom. The molecule has 0 aliphatic heterocycles. The van der Waals surface area contributed by atoms with Crippen molar-refractivity contribution < 1.29 is 9.90 Å². The lowest BCUT2D eigenvalue weighted by Gasteiger charge is -2.23. The number of rotatable bonds is 9. The third-order valence-corrected chi connectivity index (χ3v) is 2.72. The molecule has 0 heterocycles. The van der Waals surface area contributed by atoms with Crippen molar-refractivity contribution in [1.29, 1.82) is 0 Å². The van der Waals surface area contributed by atoms with Crippen molar-refractivity contribution in [3.63, 3.8) is 0 Å². The molecular weight excluding hydrogens is 202 g/mol. The normalized spacial score (nSPS) is 11.4. The van der Waals surface area contributed by atoms with Crippen LogP contribution in [0, 0.1) is 5.41 Å². The molecule has 16 heavy (non-hydrogen) atoms. The number of carbonyl (C=O) groups is 1. The third kappa shape index (κ3) is 9.71. The Kier molecular flexibility index (Phi) is 7.06. The number of hydrogen-bond acceptors (Lipinski definition) is 2. The predicted molar refractivity (Wildman–Crippen MR) is 67.6 cm³/mol. The molecule has 0 fully saturated rings. The number of nitrogens with one attached hydrogen (secondary N) is 1. The monoisotopic (exact) mass is 227 g/mol. The molecule has 0 aromatic heterocycles. The van der Waals surface area contributed by atoms with Gasteiger partial charge in [0.15, 0.2) is 0 Å². The highest BCUT2D eigenvalue weighted by molar-refractivity contribution is 5.66. The molecule has 0 aliphatic rings. The zero-order chi connectivity index (χ0) is 12.6. The zero-order valence-electron chi connectivity index (χ0n) is 10.8. The fourth-order valence-corrected chi connectivity index (χ4v) is 1.42. The van der Waals surface area contributed by atoms with Gasteiger partial charge in [0.05, 0.1) is 0 Å². The number of hydrogen-bond donors (Lipinski definition) is 2. The van der Waals surface area contributed by atoms with Gasteiger partial charge in [-0.1, -0.05) is 19.4 Å². The van der Waals surface area contributed by atoms with Crippen LogP contribution < -0.4 is 5.32 Å². The highest BCUT2D eigenvalue weighted by Gasteiger charge is 2.18. The molecule has 0 unspecified atom stereocenters. The van der Waals surface area contributed by atoms with E-state index in [9.17, 15) is 4.79 Å². The van der Waals surface area contributed by atoms with E-state index in [2.05, 4.69) is 25.7 Å². The van der Waals surface area contributed by atoms with Crippen LogP contribution >= 0.6 is 0 Å². The molecule has 0 amide bonds. The average molecular weight is 227 g/mol. The van der Waals surface area contributed by atoms with E-state index in [1.54, 1.807) is 0 Å². The lowest BCUT2D eigenvalue weighted by Crippen LogP contribution is -2.24. The maximum absolute atomic E-state index is 10.5. The van der Waals surface area contributed by atoms with Gasteiger partial charge < -0.3 is 10.4 Å². The van der Waals surface area contributed by atoms with Gasteiger partial charge in [-0.2, -0.15) is 0 Å². The number of aliphatic carboxylic acids is 1. The minimum atomic E-state index is -0.705. The van der Waals surface area contributed by atoms with E-state index in [0.717, 1.165) is 32.4 Å². The van der Waals surface area contributed by atoms with E-state index in [1.165, 1.54) is 5.57 Å². The van der Waals surface area contributed by atoms with Crippen molar-refractivity contribution in [3.8, 4) is 0 Å². The highest BCUT2D eigenvalue weighted by Crippen LogP contribution is 2.25.